The van der Waals surface area contributed by atoms with Crippen molar-refractivity contribution in [3.63, 3.8) is 0 Å². The minimum absolute atomic E-state index is 0. The van der Waals surface area contributed by atoms with Gasteiger partial charge in [-0.1, -0.05) is 50.0 Å². The summed E-state index contributed by atoms with van der Waals surface area (Å²) in [6, 6.07) is 0. The molecule has 1 aliphatic carbocycles. The average Bonchev–Trinajstić information content (AvgIpc) is 2.48. The Morgan fingerprint density at radius 3 is 1.29 bits per heavy atom. The fourth-order valence-electron chi connectivity index (χ4n) is 0.986. The predicted octanol–water partition coefficient (Wildman–Crippen LogP) is 6.33. The van der Waals surface area contributed by atoms with Crippen LogP contribution in [0, 0.1) is 11.5 Å². The van der Waals surface area contributed by atoms with E-state index in [1.807, 2.05) is 50.3 Å². The molecule has 0 spiro atoms. The maximum absolute atomic E-state index is 3.50. The molecule has 0 unspecified atom stereocenters. The van der Waals surface area contributed by atoms with Gasteiger partial charge < -0.3 is 16.0 Å². The summed E-state index contributed by atoms with van der Waals surface area (Å²) in [5.41, 5.74) is 0.286. The van der Waals surface area contributed by atoms with E-state index in [-0.39, 0.29) is 27.1 Å². The monoisotopic (exact) mass is 369 g/mol. The zero-order valence-electron chi connectivity index (χ0n) is 17.6. The molecular formula is C20H39N3Ti. The van der Waals surface area contributed by atoms with Gasteiger partial charge in [-0.15, -0.1) is 0 Å². The van der Waals surface area contributed by atoms with Crippen molar-refractivity contribution in [3.05, 3.63) is 64.6 Å². The van der Waals surface area contributed by atoms with Crippen LogP contribution in [-0.4, -0.2) is 42.3 Å². The smallest absolute Gasteiger partial charge is 0.668 e. The molecule has 3 nitrogen and oxygen atoms in total. The Morgan fingerprint density at radius 1 is 0.833 bits per heavy atom. The topological polar surface area (TPSA) is 42.3 Å². The maximum atomic E-state index is 3.50. The normalized spacial score (nSPS) is 13.1. The third-order valence-electron chi connectivity index (χ3n) is 1.83. The molecular weight excluding hydrogens is 330 g/mol. The first-order valence-corrected chi connectivity index (χ1v) is 7.81. The summed E-state index contributed by atoms with van der Waals surface area (Å²) in [7, 11) is 10.5. The number of hydrogen-bond donors (Lipinski definition) is 0. The molecule has 0 amide bonds. The van der Waals surface area contributed by atoms with Crippen molar-refractivity contribution in [2.75, 3.05) is 42.3 Å². The third-order valence-corrected chi connectivity index (χ3v) is 1.83. The van der Waals surface area contributed by atoms with Crippen molar-refractivity contribution >= 4 is 0 Å². The molecule has 0 aromatic rings. The molecule has 0 bridgehead atoms. The van der Waals surface area contributed by atoms with E-state index in [2.05, 4.69) is 41.9 Å². The van der Waals surface area contributed by atoms with Gasteiger partial charge in [0, 0.05) is 0 Å². The molecule has 0 aromatic carbocycles. The summed E-state index contributed by atoms with van der Waals surface area (Å²) < 4.78 is 0. The van der Waals surface area contributed by atoms with Crippen LogP contribution in [0.2, 0.25) is 0 Å². The van der Waals surface area contributed by atoms with E-state index < -0.39 is 0 Å². The van der Waals surface area contributed by atoms with E-state index in [4.69, 9.17) is 0 Å². The SMILES string of the molecule is CC1(C)[C-]=CC=CC1.CC=CC=CC.C[N-]C.C[N-]C.C[N-]C.[Ti+4]. The van der Waals surface area contributed by atoms with E-state index in [9.17, 15) is 0 Å². The van der Waals surface area contributed by atoms with Crippen molar-refractivity contribution < 1.29 is 21.7 Å². The van der Waals surface area contributed by atoms with Crippen LogP contribution in [0.4, 0.5) is 0 Å². The first-order valence-electron chi connectivity index (χ1n) is 7.81. The van der Waals surface area contributed by atoms with Crippen LogP contribution in [-0.2, 0) is 21.7 Å². The second-order valence-electron chi connectivity index (χ2n) is 5.22. The molecule has 0 N–H and O–H groups in total. The minimum atomic E-state index is 0. The predicted molar refractivity (Wildman–Crippen MR) is 111 cm³/mol. The number of hydrogen-bond acceptors (Lipinski definition) is 0. The number of allylic oxidation sites excluding steroid dienone is 8. The molecule has 0 heterocycles. The fourth-order valence-corrected chi connectivity index (χ4v) is 0.986. The first kappa shape index (κ1) is 34.8. The quantitative estimate of drug-likeness (QED) is 0.295. The standard InChI is InChI=1S/C8H11.C6H10.3C2H6N.Ti/c1-8(2)6-4-3-5-7-8;1-3-5-6-4-2;3*1-3-2;/h3-5H,6H2,1-2H3;3-6H,1-2H3;3*1-2H3;/q-1;;3*-1;+4. The Labute approximate surface area is 168 Å². The van der Waals surface area contributed by atoms with Crippen molar-refractivity contribution in [2.45, 2.75) is 34.1 Å². The molecule has 0 radical (unpaired) electrons. The van der Waals surface area contributed by atoms with Gasteiger partial charge in [-0.3, -0.25) is 6.08 Å². The van der Waals surface area contributed by atoms with Gasteiger partial charge in [0.2, 0.25) is 0 Å². The van der Waals surface area contributed by atoms with Gasteiger partial charge in [-0.05, 0) is 13.8 Å². The zero-order valence-corrected chi connectivity index (χ0v) is 19.2. The average molecular weight is 369 g/mol. The molecule has 24 heavy (non-hydrogen) atoms. The van der Waals surface area contributed by atoms with Crippen LogP contribution in [0.5, 0.6) is 0 Å². The van der Waals surface area contributed by atoms with E-state index in [1.54, 1.807) is 42.3 Å². The van der Waals surface area contributed by atoms with Crippen LogP contribution in [0.3, 0.4) is 0 Å². The first-order chi connectivity index (χ1) is 10.9. The zero-order chi connectivity index (χ0) is 19.0. The molecule has 138 valence electrons. The van der Waals surface area contributed by atoms with E-state index >= 15 is 0 Å². The largest absolute Gasteiger partial charge is 4.00 e. The number of rotatable bonds is 1. The van der Waals surface area contributed by atoms with Crippen molar-refractivity contribution in [1.29, 1.82) is 0 Å². The van der Waals surface area contributed by atoms with Gasteiger partial charge >= 0.3 is 21.7 Å². The molecule has 0 saturated carbocycles. The molecule has 0 atom stereocenters. The second-order valence-corrected chi connectivity index (χ2v) is 5.22. The van der Waals surface area contributed by atoms with Crippen molar-refractivity contribution in [1.82, 2.24) is 0 Å². The van der Waals surface area contributed by atoms with Crippen molar-refractivity contribution in [3.8, 4) is 0 Å². The molecule has 0 aromatic heterocycles. The summed E-state index contributed by atoms with van der Waals surface area (Å²) in [6.07, 6.45) is 18.6. The van der Waals surface area contributed by atoms with E-state index in [1.165, 1.54) is 0 Å². The van der Waals surface area contributed by atoms with Crippen LogP contribution >= 0.6 is 0 Å². The molecule has 1 rings (SSSR count). The van der Waals surface area contributed by atoms with Crippen LogP contribution in [0.15, 0.2) is 42.5 Å². The summed E-state index contributed by atoms with van der Waals surface area (Å²) >= 11 is 0. The van der Waals surface area contributed by atoms with Gasteiger partial charge in [0.15, 0.2) is 0 Å². The van der Waals surface area contributed by atoms with Gasteiger partial charge in [0.05, 0.1) is 0 Å². The molecule has 0 saturated heterocycles. The van der Waals surface area contributed by atoms with Gasteiger partial charge in [0.1, 0.15) is 0 Å². The Balaban J connectivity index is -0.0000000674. The van der Waals surface area contributed by atoms with Crippen LogP contribution < -0.4 is 0 Å². The van der Waals surface area contributed by atoms with E-state index in [0.29, 0.717) is 0 Å². The van der Waals surface area contributed by atoms with Gasteiger partial charge in [-0.2, -0.15) is 48.4 Å². The molecule has 1 aliphatic rings. The van der Waals surface area contributed by atoms with Crippen molar-refractivity contribution in [2.24, 2.45) is 5.41 Å². The Kier molecular flexibility index (Phi) is 49.3. The Hall–Kier alpha value is -0.446. The molecule has 4 heteroatoms. The van der Waals surface area contributed by atoms with E-state index in [0.717, 1.165) is 6.42 Å². The Bertz CT molecular complexity index is 279. The van der Waals surface area contributed by atoms with Crippen LogP contribution in [0.1, 0.15) is 34.1 Å². The minimum Gasteiger partial charge on any atom is -0.668 e. The summed E-state index contributed by atoms with van der Waals surface area (Å²) in [6.45, 7) is 8.38. The second kappa shape index (κ2) is 34.0. The fraction of sp³-hybridized carbons (Fsp3) is 0.600. The maximum Gasteiger partial charge on any atom is 4.00 e. The van der Waals surface area contributed by atoms with Gasteiger partial charge in [0.25, 0.3) is 0 Å². The Morgan fingerprint density at radius 2 is 1.17 bits per heavy atom. The number of nitrogens with zero attached hydrogens (tertiary/aromatic N) is 3. The van der Waals surface area contributed by atoms with Crippen LogP contribution in [0.25, 0.3) is 16.0 Å². The van der Waals surface area contributed by atoms with Gasteiger partial charge in [-0.25, -0.2) is 12.2 Å². The molecule has 0 aliphatic heterocycles. The summed E-state index contributed by atoms with van der Waals surface area (Å²) in [5.74, 6) is 0. The summed E-state index contributed by atoms with van der Waals surface area (Å²) in [4.78, 5) is 0. The molecule has 0 fully saturated rings. The summed E-state index contributed by atoms with van der Waals surface area (Å²) in [5, 5.41) is 10.5. The third kappa shape index (κ3) is 57.8.